The van der Waals surface area contributed by atoms with Crippen LogP contribution in [0.15, 0.2) is 60.7 Å². The second kappa shape index (κ2) is 16.5. The van der Waals surface area contributed by atoms with E-state index in [2.05, 4.69) is 10.6 Å². The van der Waals surface area contributed by atoms with Gasteiger partial charge in [0.15, 0.2) is 0 Å². The Morgan fingerprint density at radius 2 is 1.60 bits per heavy atom. The van der Waals surface area contributed by atoms with Gasteiger partial charge in [-0.1, -0.05) is 67.1 Å². The first-order valence-electron chi connectivity index (χ1n) is 16.5. The van der Waals surface area contributed by atoms with Crippen molar-refractivity contribution >= 4 is 29.7 Å². The van der Waals surface area contributed by atoms with Crippen LogP contribution in [0.3, 0.4) is 0 Å². The van der Waals surface area contributed by atoms with Gasteiger partial charge in [0.25, 0.3) is 0 Å². The number of carbonyl (C=O) groups is 5. The third-order valence-corrected chi connectivity index (χ3v) is 8.44. The van der Waals surface area contributed by atoms with Gasteiger partial charge < -0.3 is 29.9 Å². The fourth-order valence-electron chi connectivity index (χ4n) is 6.02. The van der Waals surface area contributed by atoms with Crippen LogP contribution >= 0.6 is 0 Å². The molecule has 11 heteroatoms. The quantitative estimate of drug-likeness (QED) is 0.336. The van der Waals surface area contributed by atoms with Gasteiger partial charge in [0.2, 0.25) is 17.7 Å². The van der Waals surface area contributed by atoms with E-state index in [1.54, 1.807) is 20.8 Å². The van der Waals surface area contributed by atoms with Crippen molar-refractivity contribution in [2.24, 2.45) is 0 Å². The van der Waals surface area contributed by atoms with E-state index in [9.17, 15) is 24.0 Å². The minimum Gasteiger partial charge on any atom is -0.460 e. The number of carbonyl (C=O) groups excluding carboxylic acids is 5. The van der Waals surface area contributed by atoms with E-state index in [4.69, 9.17) is 9.47 Å². The number of hydrogen-bond donors (Lipinski definition) is 2. The van der Waals surface area contributed by atoms with Crippen LogP contribution in [0.2, 0.25) is 0 Å². The van der Waals surface area contributed by atoms with E-state index in [1.807, 2.05) is 60.7 Å². The van der Waals surface area contributed by atoms with E-state index in [1.165, 1.54) is 16.8 Å². The third kappa shape index (κ3) is 10.4. The second-order valence-electron chi connectivity index (χ2n) is 13.3. The summed E-state index contributed by atoms with van der Waals surface area (Å²) in [5.74, 6) is -2.53. The molecule has 2 fully saturated rings. The summed E-state index contributed by atoms with van der Waals surface area (Å²) in [5.41, 5.74) is 0.856. The highest BCUT2D eigenvalue weighted by Gasteiger charge is 2.42. The van der Waals surface area contributed by atoms with Crippen LogP contribution in [-0.4, -0.2) is 89.4 Å². The molecule has 4 atom stereocenters. The maximum Gasteiger partial charge on any atom is 0.329 e. The van der Waals surface area contributed by atoms with Gasteiger partial charge in [-0.25, -0.2) is 4.79 Å². The van der Waals surface area contributed by atoms with Crippen molar-refractivity contribution in [1.82, 2.24) is 20.4 Å². The second-order valence-corrected chi connectivity index (χ2v) is 13.3. The van der Waals surface area contributed by atoms with Crippen LogP contribution in [0, 0.1) is 0 Å². The summed E-state index contributed by atoms with van der Waals surface area (Å²) in [6.07, 6.45) is 3.26. The van der Waals surface area contributed by atoms with E-state index in [0.717, 1.165) is 24.0 Å². The Kier molecular flexibility index (Phi) is 12.5. The Balaban J connectivity index is 1.56. The lowest BCUT2D eigenvalue weighted by atomic mass is 10.0. The molecule has 2 aliphatic heterocycles. The number of amides is 3. The molecule has 11 nitrogen and oxygen atoms in total. The molecule has 0 saturated carbocycles. The van der Waals surface area contributed by atoms with Gasteiger partial charge in [-0.05, 0) is 64.1 Å². The molecule has 1 unspecified atom stereocenters. The van der Waals surface area contributed by atoms with Crippen molar-refractivity contribution in [2.75, 3.05) is 20.1 Å². The lowest BCUT2D eigenvalue weighted by molar-refractivity contribution is -0.159. The third-order valence-electron chi connectivity index (χ3n) is 8.44. The van der Waals surface area contributed by atoms with Crippen molar-refractivity contribution in [2.45, 2.75) is 102 Å². The Labute approximate surface area is 277 Å². The Bertz CT molecular complexity index is 1370. The molecule has 0 aromatic heterocycles. The van der Waals surface area contributed by atoms with Crippen LogP contribution in [0.5, 0.6) is 0 Å². The molecular formula is C36H48N4O7. The number of rotatable bonds is 12. The number of benzene rings is 2. The summed E-state index contributed by atoms with van der Waals surface area (Å²) >= 11 is 0. The van der Waals surface area contributed by atoms with E-state index >= 15 is 0 Å². The van der Waals surface area contributed by atoms with E-state index in [-0.39, 0.29) is 18.9 Å². The highest BCUT2D eigenvalue weighted by Crippen LogP contribution is 2.24. The Hall–Kier alpha value is -4.25. The average Bonchev–Trinajstić information content (AvgIpc) is 3.56. The molecule has 0 radical (unpaired) electrons. The smallest absolute Gasteiger partial charge is 0.329 e. The topological polar surface area (TPSA) is 134 Å². The van der Waals surface area contributed by atoms with Gasteiger partial charge in [0.1, 0.15) is 30.3 Å². The summed E-state index contributed by atoms with van der Waals surface area (Å²) in [6, 6.07) is 15.0. The molecule has 0 spiro atoms. The zero-order chi connectivity index (χ0) is 34.0. The minimum atomic E-state index is -1.26. The first kappa shape index (κ1) is 35.6. The SMILES string of the molecule is CN(C(=O)[C@H](CC(=O)OC(C)(C)C)NC(=O)[C@H]1CCCCN1)C(Cc1ccccc1)C(=O)N1CCC[C@H]1C(=O)OCc1ccccc1. The standard InChI is InChI=1S/C36H48N4O7/c1-36(2,3)47-31(41)23-28(38-32(42)27-18-11-12-20-37-27)33(43)39(4)30(22-25-14-7-5-8-15-25)34(44)40-21-13-19-29(40)35(45)46-24-26-16-9-6-10-17-26/h5-10,14-17,27-30,37H,11-13,18-24H2,1-4H3,(H,38,42)/t27-,28+,29+,30?/m1/s1. The van der Waals surface area contributed by atoms with E-state index in [0.29, 0.717) is 32.4 Å². The zero-order valence-electron chi connectivity index (χ0n) is 27.9. The van der Waals surface area contributed by atoms with Crippen molar-refractivity contribution in [3.8, 4) is 0 Å². The maximum atomic E-state index is 14.3. The van der Waals surface area contributed by atoms with Crippen LogP contribution in [0.4, 0.5) is 0 Å². The fourth-order valence-corrected chi connectivity index (χ4v) is 6.02. The maximum absolute atomic E-state index is 14.3. The Morgan fingerprint density at radius 3 is 2.21 bits per heavy atom. The van der Waals surface area contributed by atoms with Crippen LogP contribution in [0.25, 0.3) is 0 Å². The lowest BCUT2D eigenvalue weighted by Crippen LogP contribution is -2.59. The summed E-state index contributed by atoms with van der Waals surface area (Å²) in [7, 11) is 1.50. The first-order chi connectivity index (χ1) is 22.4. The molecule has 2 aliphatic rings. The zero-order valence-corrected chi connectivity index (χ0v) is 27.9. The van der Waals surface area contributed by atoms with Crippen molar-refractivity contribution in [3.63, 3.8) is 0 Å². The van der Waals surface area contributed by atoms with Gasteiger partial charge in [-0.2, -0.15) is 0 Å². The molecule has 2 saturated heterocycles. The van der Waals surface area contributed by atoms with Crippen molar-refractivity contribution < 1.29 is 33.4 Å². The summed E-state index contributed by atoms with van der Waals surface area (Å²) in [5, 5.41) is 5.95. The highest BCUT2D eigenvalue weighted by molar-refractivity contribution is 5.96. The number of nitrogens with one attached hydrogen (secondary N) is 2. The van der Waals surface area contributed by atoms with E-state index < -0.39 is 59.9 Å². The van der Waals surface area contributed by atoms with Gasteiger partial charge in [-0.15, -0.1) is 0 Å². The number of likely N-dealkylation sites (tertiary alicyclic amines) is 1. The Morgan fingerprint density at radius 1 is 0.936 bits per heavy atom. The molecule has 4 rings (SSSR count). The molecule has 254 valence electrons. The van der Waals surface area contributed by atoms with Crippen LogP contribution < -0.4 is 10.6 Å². The molecule has 0 bridgehead atoms. The number of hydrogen-bond acceptors (Lipinski definition) is 8. The molecular weight excluding hydrogens is 600 g/mol. The highest BCUT2D eigenvalue weighted by atomic mass is 16.6. The molecule has 2 aromatic carbocycles. The monoisotopic (exact) mass is 648 g/mol. The molecule has 0 aliphatic carbocycles. The summed E-state index contributed by atoms with van der Waals surface area (Å²) in [4.78, 5) is 70.8. The molecule has 47 heavy (non-hydrogen) atoms. The molecule has 3 amide bonds. The van der Waals surface area contributed by atoms with Crippen LogP contribution in [-0.2, 0) is 46.5 Å². The lowest BCUT2D eigenvalue weighted by Gasteiger charge is -2.35. The van der Waals surface area contributed by atoms with Crippen molar-refractivity contribution in [1.29, 1.82) is 0 Å². The fraction of sp³-hybridized carbons (Fsp3) is 0.528. The van der Waals surface area contributed by atoms with Gasteiger partial charge in [-0.3, -0.25) is 19.2 Å². The van der Waals surface area contributed by atoms with Gasteiger partial charge in [0, 0.05) is 20.0 Å². The minimum absolute atomic E-state index is 0.0892. The number of piperidine rings is 1. The first-order valence-corrected chi connectivity index (χ1v) is 16.5. The summed E-state index contributed by atoms with van der Waals surface area (Å²) < 4.78 is 11.1. The van der Waals surface area contributed by atoms with Gasteiger partial charge in [0.05, 0.1) is 12.5 Å². The average molecular weight is 649 g/mol. The van der Waals surface area contributed by atoms with Crippen molar-refractivity contribution in [3.05, 3.63) is 71.8 Å². The number of nitrogens with zero attached hydrogens (tertiary/aromatic N) is 2. The molecule has 2 N–H and O–H groups in total. The van der Waals surface area contributed by atoms with Gasteiger partial charge >= 0.3 is 11.9 Å². The van der Waals surface area contributed by atoms with Crippen LogP contribution in [0.1, 0.15) is 70.4 Å². The largest absolute Gasteiger partial charge is 0.460 e. The number of ether oxygens (including phenoxy) is 2. The molecule has 2 aromatic rings. The normalized spacial score (nSPS) is 19.3. The predicted molar refractivity (Wildman–Crippen MR) is 176 cm³/mol. The summed E-state index contributed by atoms with van der Waals surface area (Å²) in [6.45, 7) is 6.29. The number of likely N-dealkylation sites (N-methyl/N-ethyl adjacent to an activating group) is 1. The number of esters is 2. The predicted octanol–water partition coefficient (Wildman–Crippen LogP) is 3.15. The molecule has 2 heterocycles.